The van der Waals surface area contributed by atoms with E-state index >= 15 is 0 Å². The van der Waals surface area contributed by atoms with Crippen molar-refractivity contribution in [3.8, 4) is 0 Å². The molecule has 0 aliphatic heterocycles. The summed E-state index contributed by atoms with van der Waals surface area (Å²) in [5.41, 5.74) is 0.899. The molecule has 2 aromatic rings. The third-order valence-electron chi connectivity index (χ3n) is 2.08. The summed E-state index contributed by atoms with van der Waals surface area (Å²) in [6.45, 7) is 0. The van der Waals surface area contributed by atoms with Crippen LogP contribution in [0, 0.1) is 5.95 Å². The number of nitrogens with zero attached hydrogens (tertiary/aromatic N) is 1. The summed E-state index contributed by atoms with van der Waals surface area (Å²) in [6.07, 6.45) is 2.02. The molecule has 1 aromatic heterocycles. The lowest BCUT2D eigenvalue weighted by molar-refractivity contribution is 0.585. The second kappa shape index (κ2) is 4.99. The van der Waals surface area contributed by atoms with Gasteiger partial charge in [0.15, 0.2) is 0 Å². The third kappa shape index (κ3) is 2.73. The van der Waals surface area contributed by atoms with E-state index in [9.17, 15) is 4.39 Å². The molecule has 0 unspecified atom stereocenters. The summed E-state index contributed by atoms with van der Waals surface area (Å²) in [4.78, 5) is 4.92. The van der Waals surface area contributed by atoms with E-state index in [4.69, 9.17) is 0 Å². The van der Waals surface area contributed by atoms with Crippen molar-refractivity contribution < 1.29 is 4.39 Å². The first-order valence-corrected chi connectivity index (χ1v) is 6.04. The Hall–Kier alpha value is -1.55. The summed E-state index contributed by atoms with van der Waals surface area (Å²) in [5.74, 6) is 0.0302. The molecule has 2 rings (SSSR count). The average Bonchev–Trinajstić information content (AvgIpc) is 2.30. The Kier molecular flexibility index (Phi) is 3.41. The summed E-state index contributed by atoms with van der Waals surface area (Å²) in [7, 11) is 0. The van der Waals surface area contributed by atoms with Crippen molar-refractivity contribution in [2.24, 2.45) is 0 Å². The predicted octanol–water partition coefficient (Wildman–Crippen LogP) is 3.69. The van der Waals surface area contributed by atoms with E-state index in [0.29, 0.717) is 5.82 Å². The number of rotatable bonds is 3. The van der Waals surface area contributed by atoms with Crippen LogP contribution >= 0.6 is 11.8 Å². The summed E-state index contributed by atoms with van der Waals surface area (Å²) >= 11 is 1.68. The van der Waals surface area contributed by atoms with Crippen molar-refractivity contribution in [1.29, 1.82) is 0 Å². The minimum atomic E-state index is -0.481. The van der Waals surface area contributed by atoms with E-state index in [1.54, 1.807) is 23.9 Å². The lowest BCUT2D eigenvalue weighted by Gasteiger charge is -2.05. The predicted molar refractivity (Wildman–Crippen MR) is 65.7 cm³/mol. The smallest absolute Gasteiger partial charge is 0.214 e. The first-order valence-electron chi connectivity index (χ1n) is 4.81. The Morgan fingerprint density at radius 1 is 1.12 bits per heavy atom. The molecule has 0 spiro atoms. The molecule has 4 heteroatoms. The maximum absolute atomic E-state index is 12.8. The molecule has 0 bridgehead atoms. The van der Waals surface area contributed by atoms with Crippen LogP contribution < -0.4 is 5.32 Å². The number of pyridine rings is 1. The minimum absolute atomic E-state index is 0.481. The number of hydrogen-bond donors (Lipinski definition) is 1. The minimum Gasteiger partial charge on any atom is -0.340 e. The molecule has 82 valence electrons. The normalized spacial score (nSPS) is 10.1. The highest BCUT2D eigenvalue weighted by molar-refractivity contribution is 7.98. The van der Waals surface area contributed by atoms with E-state index in [1.807, 2.05) is 30.5 Å². The molecular formula is C12H11FN2S. The number of thioether (sulfide) groups is 1. The van der Waals surface area contributed by atoms with Gasteiger partial charge in [0.25, 0.3) is 0 Å². The summed E-state index contributed by atoms with van der Waals surface area (Å²) in [6, 6.07) is 12.6. The quantitative estimate of drug-likeness (QED) is 0.647. The van der Waals surface area contributed by atoms with E-state index in [-0.39, 0.29) is 0 Å². The van der Waals surface area contributed by atoms with Gasteiger partial charge in [-0.2, -0.15) is 4.39 Å². The maximum Gasteiger partial charge on any atom is 0.214 e. The lowest BCUT2D eigenvalue weighted by Crippen LogP contribution is -1.94. The highest BCUT2D eigenvalue weighted by Crippen LogP contribution is 2.19. The van der Waals surface area contributed by atoms with Gasteiger partial charge in [-0.3, -0.25) is 0 Å². The van der Waals surface area contributed by atoms with Gasteiger partial charge in [0, 0.05) is 10.6 Å². The van der Waals surface area contributed by atoms with Gasteiger partial charge in [-0.25, -0.2) is 4.98 Å². The zero-order valence-electron chi connectivity index (χ0n) is 8.77. The van der Waals surface area contributed by atoms with Crippen LogP contribution in [0.3, 0.4) is 0 Å². The van der Waals surface area contributed by atoms with Gasteiger partial charge in [-0.15, -0.1) is 11.8 Å². The van der Waals surface area contributed by atoms with Gasteiger partial charge in [-0.1, -0.05) is 6.07 Å². The second-order valence-electron chi connectivity index (χ2n) is 3.20. The number of halogens is 1. The molecule has 0 amide bonds. The SMILES string of the molecule is CSc1ccc(Nc2cccc(F)n2)cc1. The van der Waals surface area contributed by atoms with Crippen molar-refractivity contribution in [3.63, 3.8) is 0 Å². The molecule has 0 fully saturated rings. The average molecular weight is 234 g/mol. The number of aromatic nitrogens is 1. The van der Waals surface area contributed by atoms with Gasteiger partial charge in [0.1, 0.15) is 5.82 Å². The number of benzene rings is 1. The van der Waals surface area contributed by atoms with Gasteiger partial charge < -0.3 is 5.32 Å². The van der Waals surface area contributed by atoms with Crippen molar-refractivity contribution in [2.45, 2.75) is 4.90 Å². The summed E-state index contributed by atoms with van der Waals surface area (Å²) < 4.78 is 12.8. The highest BCUT2D eigenvalue weighted by atomic mass is 32.2. The molecule has 1 heterocycles. The fraction of sp³-hybridized carbons (Fsp3) is 0.0833. The summed E-state index contributed by atoms with van der Waals surface area (Å²) in [5, 5.41) is 3.04. The Labute approximate surface area is 97.9 Å². The van der Waals surface area contributed by atoms with Crippen LogP contribution in [0.25, 0.3) is 0 Å². The van der Waals surface area contributed by atoms with Gasteiger partial charge in [0.05, 0.1) is 0 Å². The molecule has 0 saturated carbocycles. The first-order chi connectivity index (χ1) is 7.78. The Balaban J connectivity index is 2.14. The van der Waals surface area contributed by atoms with Crippen molar-refractivity contribution in [2.75, 3.05) is 11.6 Å². The highest BCUT2D eigenvalue weighted by Gasteiger charge is 1.97. The monoisotopic (exact) mass is 234 g/mol. The third-order valence-corrected chi connectivity index (χ3v) is 2.82. The van der Waals surface area contributed by atoms with Crippen LogP contribution in [0.5, 0.6) is 0 Å². The van der Waals surface area contributed by atoms with Crippen molar-refractivity contribution in [1.82, 2.24) is 4.98 Å². The molecule has 0 saturated heterocycles. The molecule has 0 atom stereocenters. The van der Waals surface area contributed by atoms with Crippen molar-refractivity contribution >= 4 is 23.3 Å². The molecule has 2 nitrogen and oxygen atoms in total. The Bertz CT molecular complexity index is 471. The van der Waals surface area contributed by atoms with Crippen LogP contribution in [-0.4, -0.2) is 11.2 Å². The zero-order valence-corrected chi connectivity index (χ0v) is 9.59. The second-order valence-corrected chi connectivity index (χ2v) is 4.08. The number of nitrogens with one attached hydrogen (secondary N) is 1. The van der Waals surface area contributed by atoms with Gasteiger partial charge in [-0.05, 0) is 42.7 Å². The topological polar surface area (TPSA) is 24.9 Å². The van der Waals surface area contributed by atoms with E-state index in [2.05, 4.69) is 10.3 Å². The molecule has 1 aromatic carbocycles. The van der Waals surface area contributed by atoms with Crippen molar-refractivity contribution in [3.05, 3.63) is 48.4 Å². The molecular weight excluding hydrogens is 223 g/mol. The first kappa shape index (κ1) is 11.0. The molecule has 0 aliphatic carbocycles. The molecule has 16 heavy (non-hydrogen) atoms. The van der Waals surface area contributed by atoms with E-state index in [0.717, 1.165) is 5.69 Å². The number of hydrogen-bond acceptors (Lipinski definition) is 3. The Morgan fingerprint density at radius 2 is 1.88 bits per heavy atom. The van der Waals surface area contributed by atoms with Gasteiger partial charge >= 0.3 is 0 Å². The molecule has 0 radical (unpaired) electrons. The zero-order chi connectivity index (χ0) is 11.4. The van der Waals surface area contributed by atoms with Crippen LogP contribution in [0.15, 0.2) is 47.4 Å². The van der Waals surface area contributed by atoms with Crippen LogP contribution in [-0.2, 0) is 0 Å². The standard InChI is InChI=1S/C12H11FN2S/c1-16-10-7-5-9(6-8-10)14-12-4-2-3-11(13)15-12/h2-8H,1H3,(H,14,15). The maximum atomic E-state index is 12.8. The van der Waals surface area contributed by atoms with E-state index < -0.39 is 5.95 Å². The largest absolute Gasteiger partial charge is 0.340 e. The Morgan fingerprint density at radius 3 is 2.50 bits per heavy atom. The fourth-order valence-electron chi connectivity index (χ4n) is 1.30. The van der Waals surface area contributed by atoms with Crippen LogP contribution in [0.4, 0.5) is 15.9 Å². The number of anilines is 2. The fourth-order valence-corrected chi connectivity index (χ4v) is 1.71. The lowest BCUT2D eigenvalue weighted by atomic mass is 10.3. The molecule has 0 aliphatic rings. The van der Waals surface area contributed by atoms with Gasteiger partial charge in [0.2, 0.25) is 5.95 Å². The molecule has 1 N–H and O–H groups in total. The van der Waals surface area contributed by atoms with Crippen LogP contribution in [0.2, 0.25) is 0 Å². The van der Waals surface area contributed by atoms with E-state index in [1.165, 1.54) is 11.0 Å². The van der Waals surface area contributed by atoms with Crippen LogP contribution in [0.1, 0.15) is 0 Å².